The molecule has 4 aliphatic heterocycles. The zero-order valence-electron chi connectivity index (χ0n) is 39.2. The number of hydrogen-bond acceptors (Lipinski definition) is 10. The molecule has 4 amide bonds. The van der Waals surface area contributed by atoms with E-state index in [9.17, 15) is 19.2 Å². The maximum atomic E-state index is 17.2. The molecule has 0 saturated carbocycles. The molecule has 3 aromatic carbocycles. The van der Waals surface area contributed by atoms with Crippen molar-refractivity contribution >= 4 is 24.0 Å². The fourth-order valence-electron chi connectivity index (χ4n) is 11.2. The number of methoxy groups -OCH3 is 2. The van der Waals surface area contributed by atoms with Gasteiger partial charge in [-0.15, -0.1) is 0 Å². The molecule has 0 bridgehead atoms. The molecule has 2 aromatic heterocycles. The highest BCUT2D eigenvalue weighted by molar-refractivity contribution is 5.88. The third kappa shape index (κ3) is 8.97. The Bertz CT molecular complexity index is 2710. The summed E-state index contributed by atoms with van der Waals surface area (Å²) in [5.41, 5.74) is 6.12. The van der Waals surface area contributed by atoms with Crippen LogP contribution in [0.5, 0.6) is 0 Å². The normalized spacial score (nSPS) is 22.4. The zero-order chi connectivity index (χ0) is 47.8. The molecule has 5 atom stereocenters. The number of alkyl carbamates (subject to hydrolysis) is 2. The van der Waals surface area contributed by atoms with E-state index in [0.717, 1.165) is 70.5 Å². The molecular formula is C52H59FN8O8. The van der Waals surface area contributed by atoms with Crippen LogP contribution in [0.4, 0.5) is 14.0 Å². The highest BCUT2D eigenvalue weighted by Crippen LogP contribution is 2.52. The lowest BCUT2D eigenvalue weighted by molar-refractivity contribution is -0.137. The van der Waals surface area contributed by atoms with Gasteiger partial charge in [0.1, 0.15) is 23.7 Å². The number of ether oxygens (including phenoxy) is 4. The average Bonchev–Trinajstić information content (AvgIpc) is 4.26. The van der Waals surface area contributed by atoms with E-state index in [1.807, 2.05) is 70.5 Å². The minimum Gasteiger partial charge on any atom is -0.453 e. The van der Waals surface area contributed by atoms with Crippen molar-refractivity contribution in [3.05, 3.63) is 95.8 Å². The maximum Gasteiger partial charge on any atom is 0.407 e. The third-order valence-corrected chi connectivity index (χ3v) is 15.0. The van der Waals surface area contributed by atoms with E-state index >= 15 is 4.39 Å². The first-order chi connectivity index (χ1) is 33.5. The number of benzene rings is 3. The molecule has 2 unspecified atom stereocenters. The fourth-order valence-corrected chi connectivity index (χ4v) is 11.2. The second-order valence-corrected chi connectivity index (χ2v) is 19.0. The first-order valence-electron chi connectivity index (χ1n) is 24.2. The quantitative estimate of drug-likeness (QED) is 0.101. The van der Waals surface area contributed by atoms with Crippen molar-refractivity contribution < 1.29 is 42.5 Å². The van der Waals surface area contributed by atoms with Gasteiger partial charge in [0.25, 0.3) is 0 Å². The molecule has 4 fully saturated rings. The molecule has 362 valence electrons. The van der Waals surface area contributed by atoms with Gasteiger partial charge in [-0.1, -0.05) is 48.5 Å². The summed E-state index contributed by atoms with van der Waals surface area (Å²) >= 11 is 0. The Kier molecular flexibility index (Phi) is 13.0. The number of imidazole rings is 2. The zero-order valence-corrected chi connectivity index (χ0v) is 39.2. The maximum absolute atomic E-state index is 17.2. The van der Waals surface area contributed by atoms with Crippen LogP contribution in [0.2, 0.25) is 0 Å². The molecule has 0 spiro atoms. The molecular weight excluding hydrogens is 884 g/mol. The van der Waals surface area contributed by atoms with Crippen LogP contribution >= 0.6 is 0 Å². The SMILES string of the molecule is COC(=O)NC(C(=O)N1CCC[C@H]1c1ncc(-c2ccc3c(c2)C(C)(F)c2cc(-c4ccc(-c5cnc([C@@H]6CCCN6C(=O)[C@@H](NC(=O)OC)C6CCOCC6)[nH]5)cc4)ccc2-3)[nH]1)C1CCOCC1. The van der Waals surface area contributed by atoms with Gasteiger partial charge in [0.15, 0.2) is 5.67 Å². The topological polar surface area (TPSA) is 193 Å². The molecule has 10 rings (SSSR count). The van der Waals surface area contributed by atoms with Crippen LogP contribution in [0.25, 0.3) is 44.8 Å². The van der Waals surface area contributed by atoms with Crippen LogP contribution in [-0.2, 0) is 34.2 Å². The van der Waals surface area contributed by atoms with Crippen LogP contribution in [0, 0.1) is 11.8 Å². The summed E-state index contributed by atoms with van der Waals surface area (Å²) < 4.78 is 38.1. The van der Waals surface area contributed by atoms with E-state index in [-0.39, 0.29) is 35.7 Å². The van der Waals surface area contributed by atoms with Crippen molar-refractivity contribution in [2.45, 2.75) is 88.1 Å². The highest BCUT2D eigenvalue weighted by atomic mass is 19.1. The highest BCUT2D eigenvalue weighted by Gasteiger charge is 2.43. The monoisotopic (exact) mass is 942 g/mol. The molecule has 6 heterocycles. The summed E-state index contributed by atoms with van der Waals surface area (Å²) in [5, 5.41) is 5.61. The summed E-state index contributed by atoms with van der Waals surface area (Å²) in [4.78, 5) is 72.9. The van der Waals surface area contributed by atoms with Gasteiger partial charge in [0, 0.05) is 50.6 Å². The number of aromatic nitrogens is 4. The summed E-state index contributed by atoms with van der Waals surface area (Å²) in [7, 11) is 2.59. The van der Waals surface area contributed by atoms with Gasteiger partial charge in [-0.3, -0.25) is 9.59 Å². The number of H-pyrrole nitrogens is 2. The molecule has 4 N–H and O–H groups in total. The van der Waals surface area contributed by atoms with Crippen LogP contribution < -0.4 is 10.6 Å². The lowest BCUT2D eigenvalue weighted by Crippen LogP contribution is -2.53. The predicted octanol–water partition coefficient (Wildman–Crippen LogP) is 7.98. The molecule has 69 heavy (non-hydrogen) atoms. The average molecular weight is 943 g/mol. The summed E-state index contributed by atoms with van der Waals surface area (Å²) in [6.07, 6.45) is 8.01. The van der Waals surface area contributed by atoms with Gasteiger partial charge in [-0.05, 0) is 116 Å². The molecule has 1 aliphatic carbocycles. The number of nitrogens with one attached hydrogen (secondary N) is 4. The summed E-state index contributed by atoms with van der Waals surface area (Å²) in [5.74, 6) is 0.923. The fraction of sp³-hybridized carbons (Fsp3) is 0.462. The van der Waals surface area contributed by atoms with E-state index < -0.39 is 29.9 Å². The van der Waals surface area contributed by atoms with Gasteiger partial charge in [0.2, 0.25) is 11.8 Å². The number of rotatable bonds is 11. The number of likely N-dealkylation sites (tertiary alicyclic amines) is 2. The number of carbonyl (C=O) groups is 4. The Hall–Kier alpha value is -6.59. The molecule has 5 aromatic rings. The molecule has 17 heteroatoms. The summed E-state index contributed by atoms with van der Waals surface area (Å²) in [6.45, 7) is 4.87. The van der Waals surface area contributed by atoms with Gasteiger partial charge in [0.05, 0.1) is 50.1 Å². The van der Waals surface area contributed by atoms with Gasteiger partial charge in [-0.25, -0.2) is 23.9 Å². The van der Waals surface area contributed by atoms with Gasteiger partial charge >= 0.3 is 12.2 Å². The Balaban J connectivity index is 0.827. The van der Waals surface area contributed by atoms with Crippen LogP contribution in [0.1, 0.15) is 93.1 Å². The standard InChI is InChI=1S/C52H59FN8O8/c1-52(53)38-26-34(30-8-10-31(11-9-30)40-28-54-46(56-40)42-6-4-20-60(42)48(62)44(58-50(64)66-2)32-16-22-68-23-17-32)12-14-36(38)37-15-13-35(27-39(37)52)41-29-55-47(57-41)43-7-5-21-61(43)49(63)45(59-51(65)67-3)33-18-24-69-25-19-33/h8-15,26-29,32-33,42-45H,4-7,16-25H2,1-3H3,(H,54,56)(H,55,57)(H,58,64)(H,59,65)/t42-,43-,44-,45?,52?/m0/s1. The number of nitrogens with zero attached hydrogens (tertiary/aromatic N) is 4. The number of fused-ring (bicyclic) bond motifs is 3. The van der Waals surface area contributed by atoms with Gasteiger partial charge in [-0.2, -0.15) is 0 Å². The smallest absolute Gasteiger partial charge is 0.407 e. The lowest BCUT2D eigenvalue weighted by Gasteiger charge is -2.34. The number of amides is 4. The molecule has 16 nitrogen and oxygen atoms in total. The Labute approximate surface area is 400 Å². The minimum atomic E-state index is -1.78. The molecule has 5 aliphatic rings. The van der Waals surface area contributed by atoms with Crippen molar-refractivity contribution in [1.29, 1.82) is 0 Å². The Morgan fingerprint density at radius 1 is 0.638 bits per heavy atom. The lowest BCUT2D eigenvalue weighted by atomic mass is 9.90. The van der Waals surface area contributed by atoms with Crippen molar-refractivity contribution in [2.75, 3.05) is 53.7 Å². The molecule has 0 radical (unpaired) electrons. The van der Waals surface area contributed by atoms with Crippen molar-refractivity contribution in [3.8, 4) is 44.8 Å². The molecule has 4 saturated heterocycles. The number of halogens is 1. The van der Waals surface area contributed by atoms with Crippen molar-refractivity contribution in [2.24, 2.45) is 11.8 Å². The minimum absolute atomic E-state index is 0.0511. The largest absolute Gasteiger partial charge is 0.453 e. The Morgan fingerprint density at radius 3 is 1.54 bits per heavy atom. The van der Waals surface area contributed by atoms with Gasteiger partial charge < -0.3 is 49.3 Å². The van der Waals surface area contributed by atoms with E-state index in [1.165, 1.54) is 14.2 Å². The number of carbonyl (C=O) groups excluding carboxylic acids is 4. The second kappa shape index (κ2) is 19.4. The van der Waals surface area contributed by atoms with Crippen molar-refractivity contribution in [3.63, 3.8) is 0 Å². The number of hydrogen-bond donors (Lipinski definition) is 4. The predicted molar refractivity (Wildman–Crippen MR) is 253 cm³/mol. The third-order valence-electron chi connectivity index (χ3n) is 15.0. The van der Waals surface area contributed by atoms with Crippen LogP contribution in [0.15, 0.2) is 73.1 Å². The van der Waals surface area contributed by atoms with E-state index in [1.54, 1.807) is 19.3 Å². The second-order valence-electron chi connectivity index (χ2n) is 19.0. The first-order valence-corrected chi connectivity index (χ1v) is 24.2. The van der Waals surface area contributed by atoms with E-state index in [4.69, 9.17) is 28.9 Å². The van der Waals surface area contributed by atoms with Crippen LogP contribution in [-0.4, -0.2) is 120 Å². The first kappa shape index (κ1) is 46.2. The number of alkyl halides is 1. The van der Waals surface area contributed by atoms with Crippen LogP contribution in [0.3, 0.4) is 0 Å². The van der Waals surface area contributed by atoms with Crippen molar-refractivity contribution in [1.82, 2.24) is 40.4 Å². The Morgan fingerprint density at radius 2 is 1.06 bits per heavy atom. The summed E-state index contributed by atoms with van der Waals surface area (Å²) in [6, 6.07) is 17.9. The van der Waals surface area contributed by atoms with E-state index in [2.05, 4.69) is 20.6 Å². The number of aromatic amines is 2. The van der Waals surface area contributed by atoms with E-state index in [0.29, 0.717) is 88.0 Å².